The van der Waals surface area contributed by atoms with E-state index in [-0.39, 0.29) is 11.8 Å². The summed E-state index contributed by atoms with van der Waals surface area (Å²) in [5, 5.41) is 9.29. The van der Waals surface area contributed by atoms with Crippen molar-refractivity contribution in [2.24, 2.45) is 11.1 Å². The second-order valence-electron chi connectivity index (χ2n) is 6.26. The van der Waals surface area contributed by atoms with Gasteiger partial charge in [0.25, 0.3) is 5.91 Å². The average molecular weight is 348 g/mol. The number of hydrogen-bond donors (Lipinski definition) is 1. The van der Waals surface area contributed by atoms with Gasteiger partial charge in [-0.1, -0.05) is 24.3 Å². The molecule has 1 saturated carbocycles. The average Bonchev–Trinajstić information content (AvgIpc) is 3.31. The minimum atomic E-state index is -0.555. The summed E-state index contributed by atoms with van der Waals surface area (Å²) in [4.78, 5) is 26.1. The summed E-state index contributed by atoms with van der Waals surface area (Å²) in [5.74, 6) is -0.0539. The molecular formula is C19H16N4O3. The monoisotopic (exact) mass is 348 g/mol. The zero-order valence-electron chi connectivity index (χ0n) is 13.8. The topological polar surface area (TPSA) is 97.3 Å². The number of H-pyrrole nitrogens is 1. The van der Waals surface area contributed by atoms with Crippen molar-refractivity contribution in [3.63, 3.8) is 0 Å². The smallest absolute Gasteiger partial charge is 0.290 e. The molecular weight excluding hydrogens is 332 g/mol. The molecule has 2 heterocycles. The highest BCUT2D eigenvalue weighted by Crippen LogP contribution is 2.48. The van der Waals surface area contributed by atoms with Crippen LogP contribution in [0.4, 0.5) is 0 Å². The Bertz CT molecular complexity index is 922. The number of nitrogens with zero attached hydrogens (tertiary/aromatic N) is 3. The first-order valence-electron chi connectivity index (χ1n) is 8.29. The van der Waals surface area contributed by atoms with Crippen LogP contribution in [0.25, 0.3) is 11.4 Å². The maximum absolute atomic E-state index is 11.3. The van der Waals surface area contributed by atoms with E-state index in [1.165, 1.54) is 0 Å². The van der Waals surface area contributed by atoms with Crippen molar-refractivity contribution in [1.29, 1.82) is 0 Å². The van der Waals surface area contributed by atoms with E-state index < -0.39 is 5.91 Å². The third kappa shape index (κ3) is 3.37. The first kappa shape index (κ1) is 16.1. The van der Waals surface area contributed by atoms with Gasteiger partial charge in [-0.25, -0.2) is 0 Å². The molecule has 0 bridgehead atoms. The van der Waals surface area contributed by atoms with Gasteiger partial charge in [-0.3, -0.25) is 14.9 Å². The standard InChI is InChI=1S/C19H16N4O3/c24-19(23-25)16-9-15(16)13-3-1-2-12(8-13)11-26-14-4-5-17(20-10-14)18-6-7-21-22-18/h1-8,10,15-16H,9,11H2,(H,21,22). The van der Waals surface area contributed by atoms with Crippen LogP contribution in [0.2, 0.25) is 0 Å². The van der Waals surface area contributed by atoms with Gasteiger partial charge in [-0.15, -0.1) is 4.91 Å². The molecule has 1 N–H and O–H groups in total. The van der Waals surface area contributed by atoms with E-state index in [1.807, 2.05) is 42.5 Å². The third-order valence-corrected chi connectivity index (χ3v) is 4.50. The van der Waals surface area contributed by atoms with E-state index in [4.69, 9.17) is 4.74 Å². The van der Waals surface area contributed by atoms with Gasteiger partial charge in [-0.05, 0) is 41.7 Å². The van der Waals surface area contributed by atoms with Gasteiger partial charge in [-0.2, -0.15) is 5.10 Å². The van der Waals surface area contributed by atoms with Crippen LogP contribution in [0, 0.1) is 10.8 Å². The van der Waals surface area contributed by atoms with Gasteiger partial charge in [0.2, 0.25) is 0 Å². The first-order valence-corrected chi connectivity index (χ1v) is 8.29. The van der Waals surface area contributed by atoms with E-state index in [0.29, 0.717) is 18.8 Å². The minimum absolute atomic E-state index is 0.0931. The molecule has 3 aromatic rings. The summed E-state index contributed by atoms with van der Waals surface area (Å²) in [7, 11) is 0. The molecule has 0 saturated heterocycles. The zero-order valence-corrected chi connectivity index (χ0v) is 13.8. The second kappa shape index (κ2) is 6.87. The highest BCUT2D eigenvalue weighted by Gasteiger charge is 2.44. The predicted octanol–water partition coefficient (Wildman–Crippen LogP) is 3.45. The number of carbonyl (C=O) groups is 1. The first-order chi connectivity index (χ1) is 12.7. The number of pyridine rings is 1. The quantitative estimate of drug-likeness (QED) is 0.688. The Balaban J connectivity index is 1.38. The molecule has 1 aliphatic rings. The summed E-state index contributed by atoms with van der Waals surface area (Å²) in [6, 6.07) is 13.5. The van der Waals surface area contributed by atoms with Crippen LogP contribution < -0.4 is 4.74 Å². The van der Waals surface area contributed by atoms with Crippen molar-refractivity contribution in [3.8, 4) is 17.1 Å². The van der Waals surface area contributed by atoms with Crippen molar-refractivity contribution >= 4 is 5.91 Å². The van der Waals surface area contributed by atoms with E-state index in [9.17, 15) is 9.70 Å². The number of aromatic amines is 1. The van der Waals surface area contributed by atoms with Crippen LogP contribution in [0.3, 0.4) is 0 Å². The van der Waals surface area contributed by atoms with Crippen molar-refractivity contribution in [1.82, 2.24) is 15.2 Å². The van der Waals surface area contributed by atoms with Crippen molar-refractivity contribution in [2.75, 3.05) is 0 Å². The molecule has 0 aliphatic heterocycles. The number of amides is 1. The second-order valence-corrected chi connectivity index (χ2v) is 6.26. The predicted molar refractivity (Wildman–Crippen MR) is 94.2 cm³/mol. The van der Waals surface area contributed by atoms with Gasteiger partial charge >= 0.3 is 0 Å². The Kier molecular flexibility index (Phi) is 4.27. The van der Waals surface area contributed by atoms with Crippen LogP contribution in [-0.4, -0.2) is 21.1 Å². The fourth-order valence-corrected chi connectivity index (χ4v) is 3.01. The number of carbonyl (C=O) groups excluding carboxylic acids is 1. The lowest BCUT2D eigenvalue weighted by atomic mass is 10.1. The van der Waals surface area contributed by atoms with Crippen molar-refractivity contribution in [2.45, 2.75) is 18.9 Å². The fourth-order valence-electron chi connectivity index (χ4n) is 3.01. The van der Waals surface area contributed by atoms with Gasteiger partial charge < -0.3 is 4.74 Å². The molecule has 7 nitrogen and oxygen atoms in total. The summed E-state index contributed by atoms with van der Waals surface area (Å²) >= 11 is 0. The number of ether oxygens (including phenoxy) is 1. The fraction of sp³-hybridized carbons (Fsp3) is 0.211. The molecule has 1 amide bonds. The molecule has 1 fully saturated rings. The Morgan fingerprint density at radius 3 is 2.92 bits per heavy atom. The van der Waals surface area contributed by atoms with E-state index in [1.54, 1.807) is 12.4 Å². The normalized spacial score (nSPS) is 18.3. The molecule has 26 heavy (non-hydrogen) atoms. The number of benzene rings is 1. The minimum Gasteiger partial charge on any atom is -0.487 e. The zero-order chi connectivity index (χ0) is 17.9. The molecule has 0 spiro atoms. The number of nitrogens with one attached hydrogen (secondary N) is 1. The van der Waals surface area contributed by atoms with Gasteiger partial charge in [0.15, 0.2) is 0 Å². The van der Waals surface area contributed by atoms with Crippen molar-refractivity contribution < 1.29 is 9.53 Å². The Hall–Kier alpha value is -3.35. The maximum Gasteiger partial charge on any atom is 0.290 e. The molecule has 4 rings (SSSR count). The maximum atomic E-state index is 11.3. The molecule has 2 unspecified atom stereocenters. The van der Waals surface area contributed by atoms with E-state index >= 15 is 0 Å². The SMILES string of the molecule is O=NC(=O)C1CC1c1cccc(COc2ccc(-c3ccn[nH]3)nc2)c1. The van der Waals surface area contributed by atoms with Gasteiger partial charge in [0.05, 0.1) is 23.5 Å². The van der Waals surface area contributed by atoms with Crippen LogP contribution in [0.1, 0.15) is 23.5 Å². The molecule has 2 atom stereocenters. The van der Waals surface area contributed by atoms with Crippen LogP contribution >= 0.6 is 0 Å². The lowest BCUT2D eigenvalue weighted by Crippen LogP contribution is -1.99. The van der Waals surface area contributed by atoms with E-state index in [2.05, 4.69) is 20.4 Å². The molecule has 130 valence electrons. The highest BCUT2D eigenvalue weighted by atomic mass is 16.5. The summed E-state index contributed by atoms with van der Waals surface area (Å²) < 4.78 is 5.79. The number of hydrogen-bond acceptors (Lipinski definition) is 5. The molecule has 2 aromatic heterocycles. The van der Waals surface area contributed by atoms with Crippen molar-refractivity contribution in [3.05, 3.63) is 70.9 Å². The van der Waals surface area contributed by atoms with Crippen LogP contribution in [-0.2, 0) is 11.4 Å². The Morgan fingerprint density at radius 2 is 2.19 bits per heavy atom. The van der Waals surface area contributed by atoms with Crippen LogP contribution in [0.15, 0.2) is 60.0 Å². The molecule has 1 aromatic carbocycles. The number of rotatable bonds is 6. The van der Waals surface area contributed by atoms with Crippen LogP contribution in [0.5, 0.6) is 5.75 Å². The summed E-state index contributed by atoms with van der Waals surface area (Å²) in [6.07, 6.45) is 4.04. The lowest BCUT2D eigenvalue weighted by molar-refractivity contribution is -0.119. The van der Waals surface area contributed by atoms with Gasteiger partial charge in [0, 0.05) is 11.4 Å². The number of aromatic nitrogens is 3. The molecule has 0 radical (unpaired) electrons. The lowest BCUT2D eigenvalue weighted by Gasteiger charge is -2.08. The Morgan fingerprint density at radius 1 is 1.27 bits per heavy atom. The largest absolute Gasteiger partial charge is 0.487 e. The van der Waals surface area contributed by atoms with Gasteiger partial charge in [0.1, 0.15) is 12.4 Å². The molecule has 7 heteroatoms. The van der Waals surface area contributed by atoms with E-state index in [0.717, 1.165) is 22.5 Å². The summed E-state index contributed by atoms with van der Waals surface area (Å²) in [5.41, 5.74) is 3.69. The Labute approximate surface area is 149 Å². The summed E-state index contributed by atoms with van der Waals surface area (Å²) in [6.45, 7) is 0.399. The number of nitroso groups, excluding NO2 is 1. The highest BCUT2D eigenvalue weighted by molar-refractivity contribution is 5.83. The third-order valence-electron chi connectivity index (χ3n) is 4.50. The molecule has 1 aliphatic carbocycles.